The second kappa shape index (κ2) is 5.22. The number of aryl methyl sites for hydroxylation is 2. The van der Waals surface area contributed by atoms with Crippen LogP contribution in [0.25, 0.3) is 16.9 Å². The van der Waals surface area contributed by atoms with Crippen LogP contribution in [0.5, 0.6) is 0 Å². The maximum Gasteiger partial charge on any atom is 0.163 e. The summed E-state index contributed by atoms with van der Waals surface area (Å²) < 4.78 is 5.05. The molecule has 0 radical (unpaired) electrons. The summed E-state index contributed by atoms with van der Waals surface area (Å²) in [5, 5.41) is 4.53. The molecule has 0 spiro atoms. The van der Waals surface area contributed by atoms with Crippen molar-refractivity contribution in [2.45, 2.75) is 26.3 Å². The summed E-state index contributed by atoms with van der Waals surface area (Å²) in [5.41, 5.74) is 3.87. The highest BCUT2D eigenvalue weighted by Crippen LogP contribution is 2.29. The second-order valence-corrected chi connectivity index (χ2v) is 5.64. The van der Waals surface area contributed by atoms with E-state index >= 15 is 0 Å². The number of imidazole rings is 1. The number of hydrogen-bond donors (Lipinski definition) is 0. The molecule has 4 nitrogen and oxygen atoms in total. The molecule has 0 aliphatic rings. The van der Waals surface area contributed by atoms with Crippen LogP contribution in [0.4, 0.5) is 0 Å². The first kappa shape index (κ1) is 13.6. The van der Waals surface area contributed by atoms with Crippen molar-refractivity contribution in [3.63, 3.8) is 0 Å². The molecule has 20 heavy (non-hydrogen) atoms. The highest BCUT2D eigenvalue weighted by atomic mass is 79.9. The van der Waals surface area contributed by atoms with Crippen molar-refractivity contribution in [1.29, 1.82) is 0 Å². The molecule has 0 atom stereocenters. The van der Waals surface area contributed by atoms with E-state index in [2.05, 4.69) is 37.5 Å². The van der Waals surface area contributed by atoms with E-state index in [1.54, 1.807) is 0 Å². The molecule has 0 aliphatic heterocycles. The van der Waals surface area contributed by atoms with Crippen LogP contribution >= 0.6 is 27.5 Å². The molecule has 6 heteroatoms. The topological polar surface area (TPSA) is 35.6 Å². The number of rotatable bonds is 3. The summed E-state index contributed by atoms with van der Waals surface area (Å²) in [7, 11) is 0. The van der Waals surface area contributed by atoms with Gasteiger partial charge in [-0.25, -0.2) is 9.67 Å². The Labute approximate surface area is 130 Å². The Morgan fingerprint density at radius 3 is 2.70 bits per heavy atom. The smallest absolute Gasteiger partial charge is 0.163 e. The number of aromatic nitrogens is 4. The quantitative estimate of drug-likeness (QED) is 0.666. The van der Waals surface area contributed by atoms with E-state index in [-0.39, 0.29) is 0 Å². The van der Waals surface area contributed by atoms with Gasteiger partial charge in [-0.05, 0) is 41.9 Å². The van der Waals surface area contributed by atoms with Crippen LogP contribution in [-0.4, -0.2) is 19.3 Å². The minimum Gasteiger partial charge on any atom is -0.279 e. The van der Waals surface area contributed by atoms with E-state index in [1.165, 1.54) is 0 Å². The third-order valence-corrected chi connectivity index (χ3v) is 4.20. The molecule has 2 aromatic heterocycles. The number of hydrogen-bond acceptors (Lipinski definition) is 2. The van der Waals surface area contributed by atoms with Crippen molar-refractivity contribution in [2.75, 3.05) is 0 Å². The van der Waals surface area contributed by atoms with Crippen molar-refractivity contribution in [3.8, 4) is 5.69 Å². The average molecular weight is 354 g/mol. The Kier molecular flexibility index (Phi) is 3.56. The number of benzene rings is 1. The minimum atomic E-state index is 0.360. The van der Waals surface area contributed by atoms with E-state index in [0.29, 0.717) is 5.88 Å². The van der Waals surface area contributed by atoms with E-state index in [0.717, 1.165) is 39.4 Å². The molecule has 104 valence electrons. The summed E-state index contributed by atoms with van der Waals surface area (Å²) in [6.07, 6.45) is 0. The predicted octanol–water partition coefficient (Wildman–Crippen LogP) is 4.05. The van der Waals surface area contributed by atoms with Gasteiger partial charge in [0.2, 0.25) is 0 Å². The molecule has 2 heterocycles. The first-order valence-electron chi connectivity index (χ1n) is 6.43. The molecule has 0 unspecified atom stereocenters. The lowest BCUT2D eigenvalue weighted by Gasteiger charge is -2.10. The Morgan fingerprint density at radius 1 is 1.30 bits per heavy atom. The van der Waals surface area contributed by atoms with Gasteiger partial charge in [0.25, 0.3) is 0 Å². The summed E-state index contributed by atoms with van der Waals surface area (Å²) in [6.45, 7) is 4.84. The Bertz CT molecular complexity index is 775. The fraction of sp³-hybridized carbons (Fsp3) is 0.286. The van der Waals surface area contributed by atoms with Crippen LogP contribution in [0.2, 0.25) is 0 Å². The highest BCUT2D eigenvalue weighted by Gasteiger charge is 2.19. The molecule has 3 rings (SSSR count). The minimum absolute atomic E-state index is 0.360. The van der Waals surface area contributed by atoms with Crippen LogP contribution in [0.15, 0.2) is 28.7 Å². The maximum absolute atomic E-state index is 6.08. The summed E-state index contributed by atoms with van der Waals surface area (Å²) in [5.74, 6) is 1.19. The molecule has 0 N–H and O–H groups in total. The fourth-order valence-corrected chi connectivity index (χ4v) is 3.05. The Morgan fingerprint density at radius 2 is 2.05 bits per heavy atom. The largest absolute Gasteiger partial charge is 0.279 e. The molecule has 0 aliphatic carbocycles. The first-order valence-corrected chi connectivity index (χ1v) is 7.75. The SMILES string of the molecule is CCn1nc(C)c2nc(CCl)n(-c3ccccc3Br)c21. The average Bonchev–Trinajstić information content (AvgIpc) is 2.97. The highest BCUT2D eigenvalue weighted by molar-refractivity contribution is 9.10. The third kappa shape index (κ3) is 1.96. The molecule has 0 saturated carbocycles. The van der Waals surface area contributed by atoms with Gasteiger partial charge in [-0.15, -0.1) is 11.6 Å². The molecule has 0 bridgehead atoms. The van der Waals surface area contributed by atoms with Gasteiger partial charge in [-0.2, -0.15) is 5.10 Å². The zero-order valence-corrected chi connectivity index (χ0v) is 13.6. The van der Waals surface area contributed by atoms with Gasteiger partial charge in [-0.1, -0.05) is 12.1 Å². The maximum atomic E-state index is 6.08. The summed E-state index contributed by atoms with van der Waals surface area (Å²) >= 11 is 9.68. The van der Waals surface area contributed by atoms with E-state index in [4.69, 9.17) is 11.6 Å². The van der Waals surface area contributed by atoms with Gasteiger partial charge in [-0.3, -0.25) is 4.57 Å². The van der Waals surface area contributed by atoms with Gasteiger partial charge < -0.3 is 0 Å². The lowest BCUT2D eigenvalue weighted by atomic mass is 10.3. The normalized spacial score (nSPS) is 11.4. The van der Waals surface area contributed by atoms with Crippen LogP contribution in [0, 0.1) is 6.92 Å². The lowest BCUT2D eigenvalue weighted by molar-refractivity contribution is 0.660. The summed E-state index contributed by atoms with van der Waals surface area (Å²) in [6, 6.07) is 8.05. The van der Waals surface area contributed by atoms with Gasteiger partial charge in [0.05, 0.1) is 17.3 Å². The zero-order chi connectivity index (χ0) is 14.3. The molecule has 0 saturated heterocycles. The molecular weight excluding hydrogens is 340 g/mol. The van der Waals surface area contributed by atoms with Gasteiger partial charge in [0, 0.05) is 11.0 Å². The second-order valence-electron chi connectivity index (χ2n) is 4.52. The van der Waals surface area contributed by atoms with Crippen molar-refractivity contribution >= 4 is 38.7 Å². The number of alkyl halides is 1. The fourth-order valence-electron chi connectivity index (χ4n) is 2.41. The summed E-state index contributed by atoms with van der Waals surface area (Å²) in [4.78, 5) is 4.64. The van der Waals surface area contributed by atoms with Crippen molar-refractivity contribution in [3.05, 3.63) is 40.3 Å². The third-order valence-electron chi connectivity index (χ3n) is 3.29. The molecule has 3 aromatic rings. The predicted molar refractivity (Wildman–Crippen MR) is 84.5 cm³/mol. The lowest BCUT2D eigenvalue weighted by Crippen LogP contribution is -2.06. The monoisotopic (exact) mass is 352 g/mol. The number of halogens is 2. The van der Waals surface area contributed by atoms with Gasteiger partial charge in [0.1, 0.15) is 11.3 Å². The van der Waals surface area contributed by atoms with Gasteiger partial charge in [0.15, 0.2) is 5.65 Å². The van der Waals surface area contributed by atoms with E-state index in [9.17, 15) is 0 Å². The van der Waals surface area contributed by atoms with Crippen molar-refractivity contribution < 1.29 is 0 Å². The standard InChI is InChI=1S/C14H14BrClN4/c1-3-19-14-13(9(2)18-19)17-12(8-16)20(14)11-7-5-4-6-10(11)15/h4-7H,3,8H2,1-2H3. The molecule has 1 aromatic carbocycles. The van der Waals surface area contributed by atoms with Crippen molar-refractivity contribution in [1.82, 2.24) is 19.3 Å². The van der Waals surface area contributed by atoms with Crippen molar-refractivity contribution in [2.24, 2.45) is 0 Å². The van der Waals surface area contributed by atoms with Gasteiger partial charge >= 0.3 is 0 Å². The molecule has 0 amide bonds. The molecular formula is C14H14BrClN4. The Balaban J connectivity index is 2.41. The number of nitrogens with zero attached hydrogens (tertiary/aromatic N) is 4. The van der Waals surface area contributed by atoms with E-state index in [1.807, 2.05) is 35.9 Å². The number of para-hydroxylation sites is 1. The van der Waals surface area contributed by atoms with Crippen LogP contribution in [0.1, 0.15) is 18.4 Å². The molecule has 0 fully saturated rings. The first-order chi connectivity index (χ1) is 9.67. The van der Waals surface area contributed by atoms with Crippen LogP contribution < -0.4 is 0 Å². The van der Waals surface area contributed by atoms with Crippen LogP contribution in [-0.2, 0) is 12.4 Å². The zero-order valence-electron chi connectivity index (χ0n) is 11.3. The van der Waals surface area contributed by atoms with E-state index < -0.39 is 0 Å². The van der Waals surface area contributed by atoms with Crippen LogP contribution in [0.3, 0.4) is 0 Å². The number of fused-ring (bicyclic) bond motifs is 1. The Hall–Kier alpha value is -1.33.